The predicted octanol–water partition coefficient (Wildman–Crippen LogP) is 0.990. The molecule has 4 heteroatoms. The van der Waals surface area contributed by atoms with Crippen molar-refractivity contribution in [3.8, 4) is 0 Å². The van der Waals surface area contributed by atoms with E-state index in [1.807, 2.05) is 11.7 Å². The van der Waals surface area contributed by atoms with Gasteiger partial charge in [-0.15, -0.1) is 10.5 Å². The van der Waals surface area contributed by atoms with Crippen molar-refractivity contribution in [2.75, 3.05) is 0 Å². The number of rotatable bonds is 0. The molecule has 0 saturated carbocycles. The summed E-state index contributed by atoms with van der Waals surface area (Å²) in [7, 11) is 0.0389. The normalized spacial score (nSPS) is 37.6. The number of aliphatic hydroxyl groups is 1. The Bertz CT molecular complexity index is 256. The Morgan fingerprint density at radius 3 is 3.25 bits per heavy atom. The lowest BCUT2D eigenvalue weighted by Gasteiger charge is -2.22. The van der Waals surface area contributed by atoms with Crippen LogP contribution in [0.15, 0.2) is 16.6 Å². The molecule has 2 aliphatic heterocycles. The Balaban J connectivity index is 2.16. The monoisotopic (exact) mass is 184 g/mol. The van der Waals surface area contributed by atoms with Gasteiger partial charge in [0.2, 0.25) is 0 Å². The molecule has 2 heterocycles. The SMILES string of the molecule is OC1CCC/C(=S2/C=CN=C2)N1. The second-order valence-corrected chi connectivity index (χ2v) is 4.61. The van der Waals surface area contributed by atoms with Gasteiger partial charge in [-0.25, -0.2) is 0 Å². The van der Waals surface area contributed by atoms with E-state index >= 15 is 0 Å². The summed E-state index contributed by atoms with van der Waals surface area (Å²) in [6.45, 7) is 0. The molecular weight excluding hydrogens is 172 g/mol. The minimum Gasteiger partial charge on any atom is -0.378 e. The predicted molar refractivity (Wildman–Crippen MR) is 53.2 cm³/mol. The van der Waals surface area contributed by atoms with Crippen molar-refractivity contribution in [2.45, 2.75) is 25.5 Å². The van der Waals surface area contributed by atoms with Crippen LogP contribution in [-0.4, -0.2) is 21.9 Å². The highest BCUT2D eigenvalue weighted by Crippen LogP contribution is 2.22. The molecule has 2 unspecified atom stereocenters. The third kappa shape index (κ3) is 1.65. The topological polar surface area (TPSA) is 44.6 Å². The van der Waals surface area contributed by atoms with E-state index in [0.717, 1.165) is 19.3 Å². The summed E-state index contributed by atoms with van der Waals surface area (Å²) in [6.07, 6.45) is 4.48. The highest BCUT2D eigenvalue weighted by atomic mass is 32.2. The quantitative estimate of drug-likeness (QED) is 0.551. The van der Waals surface area contributed by atoms with Crippen LogP contribution in [0.4, 0.5) is 0 Å². The van der Waals surface area contributed by atoms with Gasteiger partial charge in [-0.3, -0.25) is 10.3 Å². The van der Waals surface area contributed by atoms with E-state index in [4.69, 9.17) is 0 Å². The highest BCUT2D eigenvalue weighted by molar-refractivity contribution is 8.29. The molecule has 1 saturated heterocycles. The first-order chi connectivity index (χ1) is 5.86. The first-order valence-electron chi connectivity index (χ1n) is 4.08. The molecule has 0 amide bonds. The first kappa shape index (κ1) is 8.16. The molecule has 0 aromatic heterocycles. The third-order valence-corrected chi connectivity index (χ3v) is 3.62. The van der Waals surface area contributed by atoms with Crippen LogP contribution in [0.25, 0.3) is 0 Å². The lowest BCUT2D eigenvalue weighted by atomic mass is 10.1. The number of hydrogen-bond acceptors (Lipinski definition) is 2. The molecule has 0 aliphatic carbocycles. The van der Waals surface area contributed by atoms with Crippen molar-refractivity contribution in [3.63, 3.8) is 0 Å². The first-order valence-corrected chi connectivity index (χ1v) is 5.43. The van der Waals surface area contributed by atoms with Gasteiger partial charge in [0.1, 0.15) is 6.23 Å². The highest BCUT2D eigenvalue weighted by Gasteiger charge is 2.15. The largest absolute Gasteiger partial charge is 0.378 e. The van der Waals surface area contributed by atoms with Crippen LogP contribution in [0.3, 0.4) is 0 Å². The van der Waals surface area contributed by atoms with Gasteiger partial charge in [-0.2, -0.15) is 0 Å². The molecule has 0 aromatic carbocycles. The molecule has 1 fully saturated rings. The summed E-state index contributed by atoms with van der Waals surface area (Å²) in [5, 5.41) is 14.5. The van der Waals surface area contributed by atoms with E-state index in [0.29, 0.717) is 0 Å². The van der Waals surface area contributed by atoms with E-state index < -0.39 is 0 Å². The number of nitrogens with one attached hydrogen (secondary N) is 1. The van der Waals surface area contributed by atoms with Gasteiger partial charge >= 0.3 is 0 Å². The van der Waals surface area contributed by atoms with Crippen molar-refractivity contribution in [2.24, 2.45) is 4.99 Å². The number of aliphatic hydroxyl groups excluding tert-OH is 1. The molecule has 12 heavy (non-hydrogen) atoms. The molecule has 0 aromatic rings. The lowest BCUT2D eigenvalue weighted by molar-refractivity contribution is 0.140. The second kappa shape index (κ2) is 3.51. The fourth-order valence-electron chi connectivity index (χ4n) is 1.35. The maximum Gasteiger partial charge on any atom is 0.109 e. The molecule has 3 nitrogen and oxygen atoms in total. The van der Waals surface area contributed by atoms with Crippen LogP contribution in [0.1, 0.15) is 19.3 Å². The third-order valence-electron chi connectivity index (χ3n) is 1.96. The number of piperidine rings is 1. The Hall–Kier alpha value is -0.450. The van der Waals surface area contributed by atoms with Crippen LogP contribution in [-0.2, 0) is 0 Å². The summed E-state index contributed by atoms with van der Waals surface area (Å²) in [5.74, 6) is 0. The van der Waals surface area contributed by atoms with Gasteiger partial charge in [-0.05, 0) is 24.7 Å². The molecule has 2 aliphatic rings. The maximum absolute atomic E-state index is 9.34. The summed E-state index contributed by atoms with van der Waals surface area (Å²) in [4.78, 5) is 5.26. The molecule has 0 spiro atoms. The molecule has 2 atom stereocenters. The summed E-state index contributed by atoms with van der Waals surface area (Å²) < 4.78 is 0. The van der Waals surface area contributed by atoms with Crippen LogP contribution in [0.2, 0.25) is 0 Å². The Kier molecular flexibility index (Phi) is 2.39. The van der Waals surface area contributed by atoms with E-state index in [1.165, 1.54) is 4.99 Å². The Labute approximate surface area is 74.1 Å². The fourth-order valence-corrected chi connectivity index (χ4v) is 2.77. The molecule has 2 N–H and O–H groups in total. The second-order valence-electron chi connectivity index (χ2n) is 2.89. The zero-order valence-electron chi connectivity index (χ0n) is 6.73. The van der Waals surface area contributed by atoms with E-state index in [1.54, 1.807) is 0 Å². The standard InChI is InChI=1S/C8H12N2OS/c11-7-2-1-3-8(10-7)12-5-4-9-6-12/h4-7,10-11H,1-3H2. The summed E-state index contributed by atoms with van der Waals surface area (Å²) in [5.41, 5.74) is 1.93. The maximum atomic E-state index is 9.34. The number of nitrogens with zero attached hydrogens (tertiary/aromatic N) is 1. The summed E-state index contributed by atoms with van der Waals surface area (Å²) in [6, 6.07) is 0. The van der Waals surface area contributed by atoms with Gasteiger partial charge in [0, 0.05) is 11.2 Å². The average molecular weight is 184 g/mol. The number of hydrogen-bond donors (Lipinski definition) is 2. The van der Waals surface area contributed by atoms with E-state index in [-0.39, 0.29) is 16.7 Å². The average Bonchev–Trinajstić information content (AvgIpc) is 2.56. The van der Waals surface area contributed by atoms with E-state index in [2.05, 4.69) is 15.7 Å². The van der Waals surface area contributed by atoms with Crippen LogP contribution < -0.4 is 5.32 Å². The van der Waals surface area contributed by atoms with Gasteiger partial charge in [0.15, 0.2) is 0 Å². The van der Waals surface area contributed by atoms with Gasteiger partial charge in [0.05, 0.1) is 5.55 Å². The minimum absolute atomic E-state index is 0.0389. The molecule has 0 radical (unpaired) electrons. The van der Waals surface area contributed by atoms with Crippen molar-refractivity contribution >= 4 is 21.0 Å². The number of aliphatic imine (C=N–C) groups is 1. The lowest BCUT2D eigenvalue weighted by Crippen LogP contribution is -2.38. The molecule has 2 rings (SSSR count). The molecule has 66 valence electrons. The zero-order valence-corrected chi connectivity index (χ0v) is 7.55. The van der Waals surface area contributed by atoms with E-state index in [9.17, 15) is 5.11 Å². The Morgan fingerprint density at radius 1 is 1.67 bits per heavy atom. The Morgan fingerprint density at radius 2 is 2.58 bits per heavy atom. The van der Waals surface area contributed by atoms with Gasteiger partial charge in [-0.1, -0.05) is 0 Å². The molecular formula is C8H12N2OS. The minimum atomic E-state index is -0.344. The zero-order chi connectivity index (χ0) is 8.39. The van der Waals surface area contributed by atoms with Crippen LogP contribution in [0.5, 0.6) is 0 Å². The molecule has 0 bridgehead atoms. The van der Waals surface area contributed by atoms with Crippen molar-refractivity contribution in [1.82, 2.24) is 5.32 Å². The van der Waals surface area contributed by atoms with Crippen molar-refractivity contribution in [1.29, 1.82) is 0 Å². The van der Waals surface area contributed by atoms with Crippen LogP contribution in [0, 0.1) is 0 Å². The van der Waals surface area contributed by atoms with Crippen LogP contribution >= 0.6 is 10.5 Å². The smallest absolute Gasteiger partial charge is 0.109 e. The van der Waals surface area contributed by atoms with Crippen molar-refractivity contribution in [3.05, 3.63) is 11.6 Å². The summed E-state index contributed by atoms with van der Waals surface area (Å²) >= 11 is 0. The fraction of sp³-hybridized carbons (Fsp3) is 0.500. The van der Waals surface area contributed by atoms with Gasteiger partial charge in [0.25, 0.3) is 0 Å². The van der Waals surface area contributed by atoms with Gasteiger partial charge < -0.3 is 5.11 Å². The van der Waals surface area contributed by atoms with Crippen molar-refractivity contribution < 1.29 is 5.11 Å².